The van der Waals surface area contributed by atoms with Crippen LogP contribution in [0, 0.1) is 5.41 Å². The summed E-state index contributed by atoms with van der Waals surface area (Å²) in [7, 11) is 0. The molecule has 0 aliphatic carbocycles. The van der Waals surface area contributed by atoms with E-state index >= 15 is 0 Å². The van der Waals surface area contributed by atoms with E-state index in [4.69, 9.17) is 9.47 Å². The quantitative estimate of drug-likeness (QED) is 0.751. The Morgan fingerprint density at radius 3 is 2.89 bits per heavy atom. The van der Waals surface area contributed by atoms with Gasteiger partial charge in [-0.15, -0.1) is 0 Å². The Morgan fingerprint density at radius 1 is 1.50 bits per heavy atom. The first kappa shape index (κ1) is 13.2. The van der Waals surface area contributed by atoms with Crippen molar-refractivity contribution in [2.24, 2.45) is 5.41 Å². The third-order valence-corrected chi connectivity index (χ3v) is 3.01. The summed E-state index contributed by atoms with van der Waals surface area (Å²) in [5.74, 6) is 0.474. The lowest BCUT2D eigenvalue weighted by molar-refractivity contribution is -0.224. The number of nitrogens with zero attached hydrogens (tertiary/aromatic N) is 2. The zero-order chi connectivity index (χ0) is 13.0. The van der Waals surface area contributed by atoms with Crippen molar-refractivity contribution in [2.75, 3.05) is 13.2 Å². The fraction of sp³-hybridized carbons (Fsp3) is 0.692. The maximum absolute atomic E-state index is 10.7. The molecule has 1 aliphatic heterocycles. The van der Waals surface area contributed by atoms with E-state index in [1.54, 1.807) is 6.20 Å². The van der Waals surface area contributed by atoms with Crippen molar-refractivity contribution >= 4 is 6.29 Å². The van der Waals surface area contributed by atoms with Crippen LogP contribution in [-0.4, -0.2) is 35.3 Å². The van der Waals surface area contributed by atoms with Crippen LogP contribution in [0.2, 0.25) is 0 Å². The summed E-state index contributed by atoms with van der Waals surface area (Å²) in [5.41, 5.74) is 0.117. The molecule has 0 atom stereocenters. The Balaban J connectivity index is 1.72. The molecule has 2 heterocycles. The minimum Gasteiger partial charge on any atom is -0.352 e. The van der Waals surface area contributed by atoms with Gasteiger partial charge in [0.2, 0.25) is 0 Å². The molecule has 0 unspecified atom stereocenters. The average molecular weight is 252 g/mol. The lowest BCUT2D eigenvalue weighted by Gasteiger charge is -2.34. The number of carbonyl (C=O) groups excluding carboxylic acids is 1. The molecule has 0 radical (unpaired) electrons. The van der Waals surface area contributed by atoms with E-state index in [1.165, 1.54) is 0 Å². The van der Waals surface area contributed by atoms with E-state index in [1.807, 2.05) is 10.8 Å². The predicted octanol–water partition coefficient (Wildman–Crippen LogP) is 1.87. The van der Waals surface area contributed by atoms with Crippen LogP contribution in [0.25, 0.3) is 0 Å². The molecular weight excluding hydrogens is 232 g/mol. The highest BCUT2D eigenvalue weighted by atomic mass is 16.7. The number of rotatable bonds is 5. The average Bonchev–Trinajstić information content (AvgIpc) is 2.79. The van der Waals surface area contributed by atoms with Crippen molar-refractivity contribution < 1.29 is 14.3 Å². The molecule has 1 aliphatic rings. The van der Waals surface area contributed by atoms with Crippen molar-refractivity contribution in [1.29, 1.82) is 0 Å². The molecule has 0 N–H and O–H groups in total. The van der Waals surface area contributed by atoms with Crippen molar-refractivity contribution in [3.63, 3.8) is 0 Å². The molecule has 0 amide bonds. The highest BCUT2D eigenvalue weighted by molar-refractivity contribution is 5.69. The van der Waals surface area contributed by atoms with Gasteiger partial charge >= 0.3 is 0 Å². The summed E-state index contributed by atoms with van der Waals surface area (Å²) in [5, 5.41) is 0. The van der Waals surface area contributed by atoms with Gasteiger partial charge in [0.1, 0.15) is 0 Å². The van der Waals surface area contributed by atoms with Gasteiger partial charge in [0.25, 0.3) is 0 Å². The van der Waals surface area contributed by atoms with Crippen LogP contribution in [0.5, 0.6) is 0 Å². The van der Waals surface area contributed by atoms with Gasteiger partial charge in [0.15, 0.2) is 18.4 Å². The van der Waals surface area contributed by atoms with Gasteiger partial charge in [0.05, 0.1) is 13.2 Å². The maximum atomic E-state index is 10.7. The first-order chi connectivity index (χ1) is 8.61. The van der Waals surface area contributed by atoms with Crippen molar-refractivity contribution in [3.05, 3.63) is 18.2 Å². The van der Waals surface area contributed by atoms with Gasteiger partial charge in [-0.3, -0.25) is 4.79 Å². The maximum Gasteiger partial charge on any atom is 0.185 e. The van der Waals surface area contributed by atoms with Gasteiger partial charge in [-0.25, -0.2) is 4.98 Å². The second-order valence-electron chi connectivity index (χ2n) is 5.45. The smallest absolute Gasteiger partial charge is 0.185 e. The minimum atomic E-state index is -0.110. The molecule has 2 rings (SSSR count). The summed E-state index contributed by atoms with van der Waals surface area (Å²) in [6.07, 6.45) is 5.86. The van der Waals surface area contributed by atoms with E-state index in [0.29, 0.717) is 5.82 Å². The van der Waals surface area contributed by atoms with E-state index in [-0.39, 0.29) is 11.7 Å². The van der Waals surface area contributed by atoms with Crippen LogP contribution in [-0.2, 0) is 16.0 Å². The predicted molar refractivity (Wildman–Crippen MR) is 66.3 cm³/mol. The van der Waals surface area contributed by atoms with E-state index in [9.17, 15) is 4.79 Å². The Hall–Kier alpha value is -1.20. The number of aromatic nitrogens is 2. The molecule has 1 aromatic rings. The van der Waals surface area contributed by atoms with E-state index in [0.717, 1.165) is 38.9 Å². The number of hydrogen-bond acceptors (Lipinski definition) is 4. The molecule has 0 saturated carbocycles. The Labute approximate surface area is 107 Å². The highest BCUT2D eigenvalue weighted by Crippen LogP contribution is 2.24. The van der Waals surface area contributed by atoms with Gasteiger partial charge in [-0.2, -0.15) is 0 Å². The highest BCUT2D eigenvalue weighted by Gasteiger charge is 2.27. The molecule has 1 fully saturated rings. The fourth-order valence-electron chi connectivity index (χ4n) is 1.95. The van der Waals surface area contributed by atoms with Crippen LogP contribution in [0.3, 0.4) is 0 Å². The largest absolute Gasteiger partial charge is 0.352 e. The zero-order valence-corrected chi connectivity index (χ0v) is 11.0. The van der Waals surface area contributed by atoms with Gasteiger partial charge in [-0.05, 0) is 6.42 Å². The second kappa shape index (κ2) is 5.63. The summed E-state index contributed by atoms with van der Waals surface area (Å²) >= 11 is 0. The molecule has 5 nitrogen and oxygen atoms in total. The normalized spacial score (nSPS) is 19.9. The first-order valence-corrected chi connectivity index (χ1v) is 6.30. The molecular formula is C13H20N2O3. The summed E-state index contributed by atoms with van der Waals surface area (Å²) in [6, 6.07) is 0. The number of carbonyl (C=O) groups is 1. The van der Waals surface area contributed by atoms with E-state index < -0.39 is 0 Å². The third-order valence-electron chi connectivity index (χ3n) is 3.01. The van der Waals surface area contributed by atoms with Crippen LogP contribution in [0.1, 0.15) is 37.3 Å². The molecule has 100 valence electrons. The van der Waals surface area contributed by atoms with Crippen molar-refractivity contribution in [3.8, 4) is 0 Å². The first-order valence-electron chi connectivity index (χ1n) is 6.30. The Morgan fingerprint density at radius 2 is 2.22 bits per heavy atom. The minimum absolute atomic E-state index is 0.110. The monoisotopic (exact) mass is 252 g/mol. The fourth-order valence-corrected chi connectivity index (χ4v) is 1.95. The summed E-state index contributed by atoms with van der Waals surface area (Å²) in [4.78, 5) is 14.6. The third kappa shape index (κ3) is 3.40. The number of aryl methyl sites for hydroxylation is 1. The Kier molecular flexibility index (Phi) is 4.14. The van der Waals surface area contributed by atoms with Gasteiger partial charge < -0.3 is 14.0 Å². The van der Waals surface area contributed by atoms with Crippen molar-refractivity contribution in [1.82, 2.24) is 9.55 Å². The lowest BCUT2D eigenvalue weighted by Crippen LogP contribution is -2.37. The van der Waals surface area contributed by atoms with E-state index in [2.05, 4.69) is 18.8 Å². The van der Waals surface area contributed by atoms with Crippen LogP contribution in [0.15, 0.2) is 12.4 Å². The number of aldehydes is 1. The summed E-state index contributed by atoms with van der Waals surface area (Å²) in [6.45, 7) is 6.50. The lowest BCUT2D eigenvalue weighted by atomic mass is 9.95. The molecule has 0 spiro atoms. The molecule has 18 heavy (non-hydrogen) atoms. The van der Waals surface area contributed by atoms with Crippen LogP contribution in [0.4, 0.5) is 0 Å². The number of hydrogen-bond donors (Lipinski definition) is 0. The van der Waals surface area contributed by atoms with Crippen LogP contribution >= 0.6 is 0 Å². The molecule has 0 bridgehead atoms. The van der Waals surface area contributed by atoms with Gasteiger partial charge in [0, 0.05) is 30.8 Å². The topological polar surface area (TPSA) is 53.4 Å². The number of imidazole rings is 1. The molecule has 5 heteroatoms. The summed E-state index contributed by atoms with van der Waals surface area (Å²) < 4.78 is 13.2. The van der Waals surface area contributed by atoms with Crippen molar-refractivity contribution in [2.45, 2.75) is 39.5 Å². The Bertz CT molecular complexity index is 391. The molecule has 1 saturated heterocycles. The second-order valence-corrected chi connectivity index (χ2v) is 5.45. The van der Waals surface area contributed by atoms with Crippen LogP contribution < -0.4 is 0 Å². The molecule has 1 aromatic heterocycles. The molecule has 0 aromatic carbocycles. The van der Waals surface area contributed by atoms with Gasteiger partial charge in [-0.1, -0.05) is 13.8 Å². The number of ether oxygens (including phenoxy) is 2. The zero-order valence-electron chi connectivity index (χ0n) is 11.0. The SMILES string of the molecule is CC1(C)COC(CCCn2ccnc2C=O)OC1. The standard InChI is InChI=1S/C13H20N2O3/c1-13(2)9-17-12(18-10-13)4-3-6-15-7-5-14-11(15)8-16/h5,7-8,12H,3-4,6,9-10H2,1-2H3.